The van der Waals surface area contributed by atoms with Crippen molar-refractivity contribution in [2.45, 2.75) is 57.0 Å². The summed E-state index contributed by atoms with van der Waals surface area (Å²) in [6.07, 6.45) is 2.99. The molecule has 2 N–H and O–H groups in total. The van der Waals surface area contributed by atoms with Gasteiger partial charge in [0, 0.05) is 42.5 Å². The number of nitrogen functional groups attached to an aromatic ring is 1. The van der Waals surface area contributed by atoms with E-state index in [-0.39, 0.29) is 17.7 Å². The molecule has 1 aliphatic carbocycles. The van der Waals surface area contributed by atoms with E-state index >= 15 is 0 Å². The maximum atomic E-state index is 14.2. The number of alkyl halides is 3. The summed E-state index contributed by atoms with van der Waals surface area (Å²) in [4.78, 5) is 27.7. The van der Waals surface area contributed by atoms with Gasteiger partial charge in [-0.15, -0.1) is 13.2 Å². The number of ether oxygens (including phenoxy) is 1. The fourth-order valence-corrected chi connectivity index (χ4v) is 5.77. The van der Waals surface area contributed by atoms with Crippen molar-refractivity contribution >= 4 is 11.7 Å². The van der Waals surface area contributed by atoms with Gasteiger partial charge < -0.3 is 24.8 Å². The van der Waals surface area contributed by atoms with Crippen LogP contribution in [0.25, 0.3) is 22.6 Å². The molecule has 0 radical (unpaired) electrons. The largest absolute Gasteiger partial charge is 0.573 e. The highest BCUT2D eigenvalue weighted by atomic mass is 19.4. The summed E-state index contributed by atoms with van der Waals surface area (Å²) in [6, 6.07) is 9.70. The average Bonchev–Trinajstić information content (AvgIpc) is 3.45. The number of likely N-dealkylation sites (tertiary alicyclic amines) is 2. The van der Waals surface area contributed by atoms with E-state index in [2.05, 4.69) is 14.6 Å². The molecular formula is C28H31F3N6O2. The molecule has 3 aliphatic rings. The van der Waals surface area contributed by atoms with Crippen molar-refractivity contribution in [3.63, 3.8) is 0 Å². The summed E-state index contributed by atoms with van der Waals surface area (Å²) >= 11 is 0. The maximum absolute atomic E-state index is 14.2. The number of anilines is 1. The van der Waals surface area contributed by atoms with Crippen molar-refractivity contribution in [1.82, 2.24) is 24.3 Å². The topological polar surface area (TPSA) is 89.5 Å². The molecule has 0 bridgehead atoms. The molecule has 3 fully saturated rings. The standard InChI is InChI=1S/C28H31F3N6O2/c29-28(30,31)39-22-8-3-18(4-9-22)26-34-24(19-5-10-23(32)33-17-19)25(37(26)21-6-7-21)27(38)36-15-11-20(12-16-36)35-13-1-2-14-35/h3-5,8-10,17,20-21H,1-2,6-7,11-16H2,(H2,32,33). The summed E-state index contributed by atoms with van der Waals surface area (Å²) in [6.45, 7) is 3.62. The Hall–Kier alpha value is -3.60. The zero-order chi connectivity index (χ0) is 27.1. The molecule has 2 aliphatic heterocycles. The van der Waals surface area contributed by atoms with Crippen molar-refractivity contribution in [3.8, 4) is 28.4 Å². The van der Waals surface area contributed by atoms with E-state index in [9.17, 15) is 18.0 Å². The van der Waals surface area contributed by atoms with Gasteiger partial charge in [-0.25, -0.2) is 9.97 Å². The number of nitrogens with two attached hydrogens (primary N) is 1. The third kappa shape index (κ3) is 5.45. The number of nitrogens with zero attached hydrogens (tertiary/aromatic N) is 5. The van der Waals surface area contributed by atoms with E-state index in [0.29, 0.717) is 53.3 Å². The number of carbonyl (C=O) groups is 1. The Morgan fingerprint density at radius 1 is 0.897 bits per heavy atom. The number of hydrogen-bond acceptors (Lipinski definition) is 6. The summed E-state index contributed by atoms with van der Waals surface area (Å²) in [5.41, 5.74) is 8.09. The zero-order valence-corrected chi connectivity index (χ0v) is 21.5. The summed E-state index contributed by atoms with van der Waals surface area (Å²) in [5, 5.41) is 0. The molecule has 6 rings (SSSR count). The molecule has 1 aromatic carbocycles. The third-order valence-corrected chi connectivity index (χ3v) is 7.84. The molecule has 2 aromatic heterocycles. The molecule has 2 saturated heterocycles. The lowest BCUT2D eigenvalue weighted by Gasteiger charge is -2.36. The fourth-order valence-electron chi connectivity index (χ4n) is 5.77. The van der Waals surface area contributed by atoms with E-state index in [4.69, 9.17) is 10.7 Å². The van der Waals surface area contributed by atoms with E-state index in [1.165, 1.54) is 25.0 Å². The number of halogens is 3. The van der Waals surface area contributed by atoms with Gasteiger partial charge in [0.1, 0.15) is 28.8 Å². The second kappa shape index (κ2) is 10.2. The summed E-state index contributed by atoms with van der Waals surface area (Å²) in [5.74, 6) is 0.510. The Bertz CT molecular complexity index is 1320. The minimum Gasteiger partial charge on any atom is -0.406 e. The normalized spacial score (nSPS) is 19.0. The van der Waals surface area contributed by atoms with Crippen LogP contribution < -0.4 is 10.5 Å². The van der Waals surface area contributed by atoms with Gasteiger partial charge >= 0.3 is 6.36 Å². The van der Waals surface area contributed by atoms with Crippen LogP contribution in [0, 0.1) is 0 Å². The van der Waals surface area contributed by atoms with Crippen LogP contribution in [0.3, 0.4) is 0 Å². The number of pyridine rings is 1. The van der Waals surface area contributed by atoms with Crippen molar-refractivity contribution in [1.29, 1.82) is 0 Å². The highest BCUT2D eigenvalue weighted by molar-refractivity contribution is 5.99. The number of hydrogen-bond donors (Lipinski definition) is 1. The smallest absolute Gasteiger partial charge is 0.406 e. The molecule has 4 heterocycles. The monoisotopic (exact) mass is 540 g/mol. The molecule has 0 unspecified atom stereocenters. The van der Waals surface area contributed by atoms with Gasteiger partial charge in [0.15, 0.2) is 0 Å². The van der Waals surface area contributed by atoms with Crippen LogP contribution in [0.2, 0.25) is 0 Å². The molecule has 206 valence electrons. The Labute approximate surface area is 224 Å². The minimum absolute atomic E-state index is 0.0793. The van der Waals surface area contributed by atoms with Gasteiger partial charge in [0.2, 0.25) is 0 Å². The number of piperidine rings is 1. The fraction of sp³-hybridized carbons (Fsp3) is 0.464. The van der Waals surface area contributed by atoms with Crippen LogP contribution in [0.5, 0.6) is 5.75 Å². The first kappa shape index (κ1) is 25.7. The first-order valence-electron chi connectivity index (χ1n) is 13.5. The van der Waals surface area contributed by atoms with Crippen LogP contribution in [0.1, 0.15) is 55.1 Å². The number of amides is 1. The quantitative estimate of drug-likeness (QED) is 0.467. The van der Waals surface area contributed by atoms with Gasteiger partial charge in [-0.3, -0.25) is 4.79 Å². The van der Waals surface area contributed by atoms with Crippen LogP contribution >= 0.6 is 0 Å². The van der Waals surface area contributed by atoms with Crippen LogP contribution in [0.4, 0.5) is 19.0 Å². The predicted octanol–water partition coefficient (Wildman–Crippen LogP) is 5.13. The number of carbonyl (C=O) groups excluding carboxylic acids is 1. The molecular weight excluding hydrogens is 509 g/mol. The van der Waals surface area contributed by atoms with Crippen molar-refractivity contribution < 1.29 is 22.7 Å². The highest BCUT2D eigenvalue weighted by Crippen LogP contribution is 2.43. The number of aromatic nitrogens is 3. The Morgan fingerprint density at radius 3 is 2.15 bits per heavy atom. The summed E-state index contributed by atoms with van der Waals surface area (Å²) in [7, 11) is 0. The predicted molar refractivity (Wildman–Crippen MR) is 140 cm³/mol. The lowest BCUT2D eigenvalue weighted by atomic mass is 10.0. The van der Waals surface area contributed by atoms with E-state index in [1.807, 2.05) is 9.47 Å². The Kier molecular flexibility index (Phi) is 6.70. The molecule has 3 aromatic rings. The van der Waals surface area contributed by atoms with Crippen LogP contribution in [-0.4, -0.2) is 68.8 Å². The van der Waals surface area contributed by atoms with E-state index in [0.717, 1.165) is 38.8 Å². The lowest BCUT2D eigenvalue weighted by Crippen LogP contribution is -2.46. The number of rotatable bonds is 6. The van der Waals surface area contributed by atoms with Gasteiger partial charge in [-0.2, -0.15) is 0 Å². The van der Waals surface area contributed by atoms with E-state index < -0.39 is 6.36 Å². The molecule has 39 heavy (non-hydrogen) atoms. The molecule has 0 spiro atoms. The average molecular weight is 541 g/mol. The molecule has 1 saturated carbocycles. The Morgan fingerprint density at radius 2 is 1.56 bits per heavy atom. The van der Waals surface area contributed by atoms with Crippen molar-refractivity contribution in [2.24, 2.45) is 0 Å². The minimum atomic E-state index is -4.77. The second-order valence-corrected chi connectivity index (χ2v) is 10.5. The Balaban J connectivity index is 1.36. The third-order valence-electron chi connectivity index (χ3n) is 7.84. The molecule has 0 atom stereocenters. The molecule has 1 amide bonds. The highest BCUT2D eigenvalue weighted by Gasteiger charge is 2.37. The van der Waals surface area contributed by atoms with E-state index in [1.54, 1.807) is 30.5 Å². The first-order valence-corrected chi connectivity index (χ1v) is 13.5. The van der Waals surface area contributed by atoms with Gasteiger partial charge in [0.25, 0.3) is 5.91 Å². The lowest BCUT2D eigenvalue weighted by molar-refractivity contribution is -0.274. The number of benzene rings is 1. The SMILES string of the molecule is Nc1ccc(-c2nc(-c3ccc(OC(F)(F)F)cc3)n(C3CC3)c2C(=O)N2CCC(N3CCCC3)CC2)cn1. The van der Waals surface area contributed by atoms with Crippen LogP contribution in [-0.2, 0) is 0 Å². The van der Waals surface area contributed by atoms with Crippen molar-refractivity contribution in [2.75, 3.05) is 31.9 Å². The number of imidazole rings is 1. The molecule has 11 heteroatoms. The van der Waals surface area contributed by atoms with Gasteiger partial charge in [-0.1, -0.05) is 0 Å². The van der Waals surface area contributed by atoms with Crippen molar-refractivity contribution in [3.05, 3.63) is 48.3 Å². The van der Waals surface area contributed by atoms with Crippen LogP contribution in [0.15, 0.2) is 42.6 Å². The molecule has 8 nitrogen and oxygen atoms in total. The van der Waals surface area contributed by atoms with Gasteiger partial charge in [0.05, 0.1) is 0 Å². The second-order valence-electron chi connectivity index (χ2n) is 10.5. The zero-order valence-electron chi connectivity index (χ0n) is 21.5. The summed E-state index contributed by atoms with van der Waals surface area (Å²) < 4.78 is 44.1. The maximum Gasteiger partial charge on any atom is 0.573 e. The van der Waals surface area contributed by atoms with Gasteiger partial charge in [-0.05, 0) is 88.0 Å². The first-order chi connectivity index (χ1) is 18.8.